The second-order valence-corrected chi connectivity index (χ2v) is 8.09. The first-order valence-electron chi connectivity index (χ1n) is 11.1. The summed E-state index contributed by atoms with van der Waals surface area (Å²) in [4.78, 5) is 29.2. The van der Waals surface area contributed by atoms with Crippen molar-refractivity contribution >= 4 is 17.6 Å². The standard InChI is InChI=1S/C25H29N5O3/c1-33-22-9-5-8-21(16-22)17-25(32)29-14-12-28(13-15-29)19-24(31)27-23-10-11-26-30(23)18-20-6-3-2-4-7-20/h2-11,16H,12-15,17-19H2,1H3,(H,27,31). The van der Waals surface area contributed by atoms with Crippen LogP contribution in [0.5, 0.6) is 5.75 Å². The van der Waals surface area contributed by atoms with Crippen LogP contribution >= 0.6 is 0 Å². The molecular formula is C25H29N5O3. The van der Waals surface area contributed by atoms with Crippen molar-refractivity contribution in [2.45, 2.75) is 13.0 Å². The van der Waals surface area contributed by atoms with Crippen LogP contribution in [0.2, 0.25) is 0 Å². The Bertz CT molecular complexity index is 1070. The van der Waals surface area contributed by atoms with Gasteiger partial charge in [-0.25, -0.2) is 4.68 Å². The molecule has 0 saturated carbocycles. The number of amides is 2. The lowest BCUT2D eigenvalue weighted by molar-refractivity contribution is -0.132. The molecule has 0 atom stereocenters. The fourth-order valence-electron chi connectivity index (χ4n) is 3.93. The smallest absolute Gasteiger partial charge is 0.239 e. The molecule has 2 aromatic carbocycles. The molecule has 4 rings (SSSR count). The van der Waals surface area contributed by atoms with Gasteiger partial charge in [0, 0.05) is 32.2 Å². The average Bonchev–Trinajstić information content (AvgIpc) is 3.26. The topological polar surface area (TPSA) is 79.7 Å². The monoisotopic (exact) mass is 447 g/mol. The number of piperazine rings is 1. The highest BCUT2D eigenvalue weighted by Gasteiger charge is 2.23. The van der Waals surface area contributed by atoms with Crippen LogP contribution < -0.4 is 10.1 Å². The van der Waals surface area contributed by atoms with Gasteiger partial charge in [0.15, 0.2) is 0 Å². The van der Waals surface area contributed by atoms with E-state index >= 15 is 0 Å². The molecule has 1 saturated heterocycles. The Hall–Kier alpha value is -3.65. The van der Waals surface area contributed by atoms with Gasteiger partial charge >= 0.3 is 0 Å². The fourth-order valence-corrected chi connectivity index (χ4v) is 3.93. The van der Waals surface area contributed by atoms with Crippen molar-refractivity contribution in [3.8, 4) is 5.75 Å². The van der Waals surface area contributed by atoms with Gasteiger partial charge in [0.1, 0.15) is 11.6 Å². The Labute approximate surface area is 193 Å². The van der Waals surface area contributed by atoms with E-state index in [4.69, 9.17) is 4.74 Å². The van der Waals surface area contributed by atoms with E-state index in [1.807, 2.05) is 59.5 Å². The van der Waals surface area contributed by atoms with Gasteiger partial charge in [-0.05, 0) is 23.3 Å². The van der Waals surface area contributed by atoms with E-state index in [-0.39, 0.29) is 18.4 Å². The minimum Gasteiger partial charge on any atom is -0.497 e. The molecule has 0 spiro atoms. The van der Waals surface area contributed by atoms with Gasteiger partial charge in [0.25, 0.3) is 0 Å². The largest absolute Gasteiger partial charge is 0.497 e. The summed E-state index contributed by atoms with van der Waals surface area (Å²) in [6.07, 6.45) is 2.04. The van der Waals surface area contributed by atoms with Crippen LogP contribution in [0.25, 0.3) is 0 Å². The number of methoxy groups -OCH3 is 1. The molecule has 0 aliphatic carbocycles. The predicted octanol–water partition coefficient (Wildman–Crippen LogP) is 2.27. The van der Waals surface area contributed by atoms with E-state index in [1.54, 1.807) is 24.1 Å². The molecule has 8 nitrogen and oxygen atoms in total. The second kappa shape index (κ2) is 10.8. The zero-order chi connectivity index (χ0) is 23.0. The lowest BCUT2D eigenvalue weighted by atomic mass is 10.1. The number of nitrogens with zero attached hydrogens (tertiary/aromatic N) is 4. The van der Waals surface area contributed by atoms with Crippen molar-refractivity contribution in [3.63, 3.8) is 0 Å². The van der Waals surface area contributed by atoms with Crippen molar-refractivity contribution in [1.82, 2.24) is 19.6 Å². The van der Waals surface area contributed by atoms with Gasteiger partial charge < -0.3 is 15.0 Å². The minimum absolute atomic E-state index is 0.0824. The lowest BCUT2D eigenvalue weighted by Gasteiger charge is -2.34. The number of hydrogen-bond acceptors (Lipinski definition) is 5. The van der Waals surface area contributed by atoms with Gasteiger partial charge in [-0.2, -0.15) is 5.10 Å². The van der Waals surface area contributed by atoms with Crippen LogP contribution in [0, 0.1) is 0 Å². The highest BCUT2D eigenvalue weighted by Crippen LogP contribution is 2.15. The third-order valence-electron chi connectivity index (χ3n) is 5.74. The summed E-state index contributed by atoms with van der Waals surface area (Å²) in [5.74, 6) is 1.44. The quantitative estimate of drug-likeness (QED) is 0.573. The Morgan fingerprint density at radius 2 is 1.73 bits per heavy atom. The first-order chi connectivity index (χ1) is 16.1. The third-order valence-corrected chi connectivity index (χ3v) is 5.74. The van der Waals surface area contributed by atoms with Crippen LogP contribution in [0.15, 0.2) is 66.9 Å². The molecule has 0 bridgehead atoms. The van der Waals surface area contributed by atoms with Crippen LogP contribution in [-0.2, 0) is 22.6 Å². The minimum atomic E-state index is -0.0824. The molecule has 2 amide bonds. The molecule has 1 aliphatic rings. The van der Waals surface area contributed by atoms with E-state index < -0.39 is 0 Å². The molecule has 1 aliphatic heterocycles. The molecule has 1 aromatic heterocycles. The van der Waals surface area contributed by atoms with E-state index in [1.165, 1.54) is 0 Å². The summed E-state index contributed by atoms with van der Waals surface area (Å²) in [5.41, 5.74) is 2.06. The summed E-state index contributed by atoms with van der Waals surface area (Å²) < 4.78 is 7.01. The Morgan fingerprint density at radius 3 is 2.48 bits per heavy atom. The lowest BCUT2D eigenvalue weighted by Crippen LogP contribution is -2.50. The molecule has 1 N–H and O–H groups in total. The highest BCUT2D eigenvalue weighted by molar-refractivity contribution is 5.91. The SMILES string of the molecule is COc1cccc(CC(=O)N2CCN(CC(=O)Nc3ccnn3Cc3ccccc3)CC2)c1. The summed E-state index contributed by atoms with van der Waals surface area (Å²) in [6, 6.07) is 19.4. The molecule has 8 heteroatoms. The molecule has 3 aromatic rings. The van der Waals surface area contributed by atoms with Crippen LogP contribution in [-0.4, -0.2) is 71.2 Å². The number of ether oxygens (including phenoxy) is 1. The van der Waals surface area contributed by atoms with Gasteiger partial charge in [-0.3, -0.25) is 14.5 Å². The first kappa shape index (κ1) is 22.5. The van der Waals surface area contributed by atoms with Gasteiger partial charge in [-0.1, -0.05) is 42.5 Å². The zero-order valence-corrected chi connectivity index (χ0v) is 18.8. The van der Waals surface area contributed by atoms with Gasteiger partial charge in [0.2, 0.25) is 11.8 Å². The normalized spacial score (nSPS) is 14.2. The van der Waals surface area contributed by atoms with Crippen molar-refractivity contribution in [2.24, 2.45) is 0 Å². The van der Waals surface area contributed by atoms with Crippen LogP contribution in [0.4, 0.5) is 5.82 Å². The predicted molar refractivity (Wildman–Crippen MR) is 126 cm³/mol. The molecule has 0 unspecified atom stereocenters. The molecule has 172 valence electrons. The average molecular weight is 448 g/mol. The zero-order valence-electron chi connectivity index (χ0n) is 18.8. The van der Waals surface area contributed by atoms with Crippen LogP contribution in [0.3, 0.4) is 0 Å². The molecular weight excluding hydrogens is 418 g/mol. The highest BCUT2D eigenvalue weighted by atomic mass is 16.5. The summed E-state index contributed by atoms with van der Waals surface area (Å²) >= 11 is 0. The van der Waals surface area contributed by atoms with Crippen molar-refractivity contribution in [3.05, 3.63) is 78.0 Å². The van der Waals surface area contributed by atoms with E-state index in [9.17, 15) is 9.59 Å². The number of hydrogen-bond donors (Lipinski definition) is 1. The Kier molecular flexibility index (Phi) is 7.36. The second-order valence-electron chi connectivity index (χ2n) is 8.09. The first-order valence-corrected chi connectivity index (χ1v) is 11.1. The number of anilines is 1. The number of aromatic nitrogens is 2. The Balaban J connectivity index is 1.23. The molecule has 0 radical (unpaired) electrons. The van der Waals surface area contributed by atoms with E-state index in [0.29, 0.717) is 45.0 Å². The number of rotatable bonds is 8. The summed E-state index contributed by atoms with van der Waals surface area (Å²) in [6.45, 7) is 3.44. The number of nitrogens with one attached hydrogen (secondary N) is 1. The van der Waals surface area contributed by atoms with Gasteiger partial charge in [-0.15, -0.1) is 0 Å². The molecule has 33 heavy (non-hydrogen) atoms. The molecule has 2 heterocycles. The fraction of sp³-hybridized carbons (Fsp3) is 0.320. The maximum Gasteiger partial charge on any atom is 0.239 e. The van der Waals surface area contributed by atoms with Crippen molar-refractivity contribution in [1.29, 1.82) is 0 Å². The third kappa shape index (κ3) is 6.20. The summed E-state index contributed by atoms with van der Waals surface area (Å²) in [7, 11) is 1.62. The maximum absolute atomic E-state index is 12.7. The maximum atomic E-state index is 12.7. The molecule has 1 fully saturated rings. The number of carbonyl (C=O) groups is 2. The van der Waals surface area contributed by atoms with Crippen molar-refractivity contribution < 1.29 is 14.3 Å². The van der Waals surface area contributed by atoms with Crippen LogP contribution in [0.1, 0.15) is 11.1 Å². The van der Waals surface area contributed by atoms with Gasteiger partial charge in [0.05, 0.1) is 32.8 Å². The van der Waals surface area contributed by atoms with E-state index in [2.05, 4.69) is 15.3 Å². The van der Waals surface area contributed by atoms with E-state index in [0.717, 1.165) is 16.9 Å². The number of benzene rings is 2. The summed E-state index contributed by atoms with van der Waals surface area (Å²) in [5, 5.41) is 7.29. The van der Waals surface area contributed by atoms with Crippen molar-refractivity contribution in [2.75, 3.05) is 45.2 Å². The number of carbonyl (C=O) groups excluding carboxylic acids is 2. The Morgan fingerprint density at radius 1 is 0.970 bits per heavy atom.